The summed E-state index contributed by atoms with van der Waals surface area (Å²) in [7, 11) is -3.30. The maximum Gasteiger partial charge on any atom is 0.287 e. The summed E-state index contributed by atoms with van der Waals surface area (Å²) in [6.45, 7) is 2.17. The molecule has 1 aromatic heterocycles. The second kappa shape index (κ2) is 6.41. The third kappa shape index (κ3) is 3.68. The predicted molar refractivity (Wildman–Crippen MR) is 90.1 cm³/mol. The van der Waals surface area contributed by atoms with Crippen molar-refractivity contribution in [3.8, 4) is 0 Å². The van der Waals surface area contributed by atoms with Gasteiger partial charge in [-0.3, -0.25) is 4.79 Å². The van der Waals surface area contributed by atoms with Crippen molar-refractivity contribution in [2.45, 2.75) is 31.8 Å². The minimum atomic E-state index is -3.30. The second-order valence-corrected chi connectivity index (χ2v) is 7.98. The van der Waals surface area contributed by atoms with Gasteiger partial charge < -0.3 is 9.73 Å². The van der Waals surface area contributed by atoms with Gasteiger partial charge in [0.05, 0.1) is 18.8 Å². The Balaban J connectivity index is 1.67. The van der Waals surface area contributed by atoms with Crippen LogP contribution in [0.3, 0.4) is 0 Å². The molecule has 0 bridgehead atoms. The van der Waals surface area contributed by atoms with E-state index in [0.717, 1.165) is 18.2 Å². The minimum absolute atomic E-state index is 0.0232. The van der Waals surface area contributed by atoms with Gasteiger partial charge in [-0.05, 0) is 35.6 Å². The first-order chi connectivity index (χ1) is 11.3. The molecule has 3 rings (SSSR count). The molecule has 0 spiro atoms. The number of nitrogens with one attached hydrogen (secondary N) is 2. The van der Waals surface area contributed by atoms with Gasteiger partial charge in [-0.2, -0.15) is 0 Å². The molecule has 1 aliphatic rings. The van der Waals surface area contributed by atoms with Crippen LogP contribution in [0.4, 0.5) is 0 Å². The Labute approximate surface area is 141 Å². The fourth-order valence-electron chi connectivity index (χ4n) is 3.05. The molecule has 2 N–H and O–H groups in total. The Bertz CT molecular complexity index is 857. The summed E-state index contributed by atoms with van der Waals surface area (Å²) >= 11 is 0. The quantitative estimate of drug-likeness (QED) is 0.868. The van der Waals surface area contributed by atoms with E-state index in [4.69, 9.17) is 4.42 Å². The van der Waals surface area contributed by atoms with Crippen LogP contribution in [0.15, 0.2) is 40.8 Å². The molecule has 1 amide bonds. The van der Waals surface area contributed by atoms with Gasteiger partial charge in [0.1, 0.15) is 5.76 Å². The van der Waals surface area contributed by atoms with Gasteiger partial charge in [0.2, 0.25) is 10.0 Å². The highest BCUT2D eigenvalue weighted by Gasteiger charge is 2.29. The van der Waals surface area contributed by atoms with Gasteiger partial charge in [-0.15, -0.1) is 0 Å². The number of amides is 1. The number of carbonyl (C=O) groups excluding carboxylic acids is 1. The maximum absolute atomic E-state index is 12.4. The van der Waals surface area contributed by atoms with Gasteiger partial charge in [0.25, 0.3) is 5.91 Å². The lowest BCUT2D eigenvalue weighted by Gasteiger charge is -2.13. The van der Waals surface area contributed by atoms with E-state index in [0.29, 0.717) is 11.7 Å². The fraction of sp³-hybridized carbons (Fsp3) is 0.353. The average molecular weight is 348 g/mol. The summed E-state index contributed by atoms with van der Waals surface area (Å²) in [4.78, 5) is 12.4. The molecule has 0 saturated heterocycles. The molecule has 0 fully saturated rings. The van der Waals surface area contributed by atoms with Gasteiger partial charge in [-0.1, -0.05) is 31.2 Å². The number of benzene rings is 1. The van der Waals surface area contributed by atoms with Crippen molar-refractivity contribution in [2.24, 2.45) is 0 Å². The Morgan fingerprint density at radius 3 is 2.62 bits per heavy atom. The monoisotopic (exact) mass is 348 g/mol. The van der Waals surface area contributed by atoms with Crippen molar-refractivity contribution in [3.63, 3.8) is 0 Å². The zero-order valence-electron chi connectivity index (χ0n) is 13.6. The average Bonchev–Trinajstić information content (AvgIpc) is 3.11. The smallest absolute Gasteiger partial charge is 0.287 e. The third-order valence-corrected chi connectivity index (χ3v) is 4.86. The minimum Gasteiger partial charge on any atom is -0.455 e. The normalized spacial score (nSPS) is 19.9. The Morgan fingerprint density at radius 1 is 1.21 bits per heavy atom. The van der Waals surface area contributed by atoms with Crippen LogP contribution in [-0.2, 0) is 16.6 Å². The summed E-state index contributed by atoms with van der Waals surface area (Å²) in [5.74, 6) is 0.676. The fourth-order valence-corrected chi connectivity index (χ4v) is 3.45. The lowest BCUT2D eigenvalue weighted by atomic mass is 10.0. The molecule has 0 saturated carbocycles. The summed E-state index contributed by atoms with van der Waals surface area (Å²) < 4.78 is 29.9. The topological polar surface area (TPSA) is 88.4 Å². The first kappa shape index (κ1) is 16.7. The van der Waals surface area contributed by atoms with E-state index in [9.17, 15) is 13.2 Å². The molecule has 0 radical (unpaired) electrons. The van der Waals surface area contributed by atoms with Crippen molar-refractivity contribution < 1.29 is 17.6 Å². The van der Waals surface area contributed by atoms with Crippen LogP contribution in [0.5, 0.6) is 0 Å². The maximum atomic E-state index is 12.4. The van der Waals surface area contributed by atoms with Crippen molar-refractivity contribution in [2.75, 3.05) is 6.26 Å². The number of carbonyl (C=O) groups is 1. The molecule has 24 heavy (non-hydrogen) atoms. The Kier molecular flexibility index (Phi) is 4.47. The molecular formula is C17H20N2O4S. The summed E-state index contributed by atoms with van der Waals surface area (Å²) in [5.41, 5.74) is 2.41. The van der Waals surface area contributed by atoms with Crippen molar-refractivity contribution >= 4 is 15.9 Å². The molecule has 2 unspecified atom stereocenters. The van der Waals surface area contributed by atoms with Gasteiger partial charge in [0.15, 0.2) is 5.76 Å². The number of fused-ring (bicyclic) bond motifs is 1. The van der Waals surface area contributed by atoms with Crippen LogP contribution in [0.1, 0.15) is 52.7 Å². The van der Waals surface area contributed by atoms with Gasteiger partial charge >= 0.3 is 0 Å². The van der Waals surface area contributed by atoms with E-state index in [1.807, 2.05) is 18.2 Å². The summed E-state index contributed by atoms with van der Waals surface area (Å²) in [5, 5.41) is 3.00. The van der Waals surface area contributed by atoms with Gasteiger partial charge in [-0.25, -0.2) is 13.1 Å². The SMILES string of the molecule is CC1CC(NC(=O)c2ccc(CNS(C)(=O)=O)o2)c2ccccc21. The van der Waals surface area contributed by atoms with Crippen LogP contribution in [0, 0.1) is 0 Å². The van der Waals surface area contributed by atoms with Crippen LogP contribution < -0.4 is 10.0 Å². The third-order valence-electron chi connectivity index (χ3n) is 4.19. The highest BCUT2D eigenvalue weighted by molar-refractivity contribution is 7.88. The molecule has 1 aromatic carbocycles. The number of rotatable bonds is 5. The standard InChI is InChI=1S/C17H20N2O4S/c1-11-9-15(14-6-4-3-5-13(11)14)19-17(20)16-8-7-12(23-16)10-18-24(2,21)22/h3-8,11,15,18H,9-10H2,1-2H3,(H,19,20). The zero-order chi connectivity index (χ0) is 17.3. The summed E-state index contributed by atoms with van der Waals surface area (Å²) in [6, 6.07) is 11.2. The van der Waals surface area contributed by atoms with E-state index in [1.165, 1.54) is 5.56 Å². The van der Waals surface area contributed by atoms with Gasteiger partial charge in [0, 0.05) is 0 Å². The molecule has 7 heteroatoms. The predicted octanol–water partition coefficient (Wildman–Crippen LogP) is 2.31. The zero-order valence-corrected chi connectivity index (χ0v) is 14.4. The molecule has 0 aliphatic heterocycles. The molecule has 1 aliphatic carbocycles. The number of hydrogen-bond donors (Lipinski definition) is 2. The van der Waals surface area contributed by atoms with Crippen molar-refractivity contribution in [1.29, 1.82) is 0 Å². The van der Waals surface area contributed by atoms with Crippen LogP contribution in [0.25, 0.3) is 0 Å². The Morgan fingerprint density at radius 2 is 1.92 bits per heavy atom. The molecule has 2 atom stereocenters. The molecular weight excluding hydrogens is 328 g/mol. The largest absolute Gasteiger partial charge is 0.455 e. The van der Waals surface area contributed by atoms with E-state index in [1.54, 1.807) is 12.1 Å². The van der Waals surface area contributed by atoms with Crippen molar-refractivity contribution in [3.05, 3.63) is 59.0 Å². The lowest BCUT2D eigenvalue weighted by Crippen LogP contribution is -2.26. The van der Waals surface area contributed by atoms with Crippen LogP contribution >= 0.6 is 0 Å². The van der Waals surface area contributed by atoms with Crippen LogP contribution in [-0.4, -0.2) is 20.6 Å². The number of furan rings is 1. The van der Waals surface area contributed by atoms with E-state index in [2.05, 4.69) is 23.0 Å². The molecule has 2 aromatic rings. The molecule has 128 valence electrons. The highest BCUT2D eigenvalue weighted by atomic mass is 32.2. The van der Waals surface area contributed by atoms with E-state index in [-0.39, 0.29) is 24.3 Å². The van der Waals surface area contributed by atoms with E-state index < -0.39 is 10.0 Å². The van der Waals surface area contributed by atoms with E-state index >= 15 is 0 Å². The molecule has 6 nitrogen and oxygen atoms in total. The number of sulfonamides is 1. The first-order valence-electron chi connectivity index (χ1n) is 7.76. The number of hydrogen-bond acceptors (Lipinski definition) is 4. The summed E-state index contributed by atoms with van der Waals surface area (Å²) in [6.07, 6.45) is 1.93. The first-order valence-corrected chi connectivity index (χ1v) is 9.65. The Hall–Kier alpha value is -2.12. The highest BCUT2D eigenvalue weighted by Crippen LogP contribution is 2.39. The molecule has 1 heterocycles. The second-order valence-electron chi connectivity index (χ2n) is 6.15. The lowest BCUT2D eigenvalue weighted by molar-refractivity contribution is 0.0906. The van der Waals surface area contributed by atoms with Crippen LogP contribution in [0.2, 0.25) is 0 Å². The van der Waals surface area contributed by atoms with Crippen molar-refractivity contribution in [1.82, 2.24) is 10.0 Å².